The third-order valence-corrected chi connectivity index (χ3v) is 4.40. The van der Waals surface area contributed by atoms with Crippen LogP contribution in [0.1, 0.15) is 5.56 Å². The number of hydrogen-bond acceptors (Lipinski definition) is 4. The van der Waals surface area contributed by atoms with E-state index in [9.17, 15) is 4.79 Å². The standard InChI is InChI=1S/C18H18BrN3O2/c19-15-5-2-1-4-14(15)7-8-17(23)21-16-6-3-9-20-18(16)22-10-12-24-13-11-22/h1-9H,10-13H2,(H,21,23)/b8-7+. The highest BCUT2D eigenvalue weighted by molar-refractivity contribution is 9.10. The van der Waals surface area contributed by atoms with E-state index in [1.54, 1.807) is 12.3 Å². The molecule has 1 aliphatic rings. The van der Waals surface area contributed by atoms with E-state index in [0.717, 1.165) is 28.9 Å². The third kappa shape index (κ3) is 4.21. The number of carbonyl (C=O) groups excluding carboxylic acids is 1. The number of anilines is 2. The van der Waals surface area contributed by atoms with Gasteiger partial charge in [0, 0.05) is 29.8 Å². The molecule has 1 aliphatic heterocycles. The van der Waals surface area contributed by atoms with Crippen LogP contribution in [-0.4, -0.2) is 37.2 Å². The molecule has 6 heteroatoms. The Morgan fingerprint density at radius 2 is 2.00 bits per heavy atom. The lowest BCUT2D eigenvalue weighted by molar-refractivity contribution is -0.111. The number of benzene rings is 1. The third-order valence-electron chi connectivity index (χ3n) is 3.67. The Kier molecular flexibility index (Phi) is 5.61. The van der Waals surface area contributed by atoms with Gasteiger partial charge in [-0.05, 0) is 29.8 Å². The summed E-state index contributed by atoms with van der Waals surface area (Å²) in [7, 11) is 0. The van der Waals surface area contributed by atoms with E-state index < -0.39 is 0 Å². The summed E-state index contributed by atoms with van der Waals surface area (Å²) < 4.78 is 6.32. The van der Waals surface area contributed by atoms with Crippen LogP contribution in [0.5, 0.6) is 0 Å². The summed E-state index contributed by atoms with van der Waals surface area (Å²) in [5, 5.41) is 2.91. The van der Waals surface area contributed by atoms with Crippen LogP contribution in [0.4, 0.5) is 11.5 Å². The highest BCUT2D eigenvalue weighted by atomic mass is 79.9. The van der Waals surface area contributed by atoms with Crippen LogP contribution >= 0.6 is 15.9 Å². The minimum absolute atomic E-state index is 0.187. The highest BCUT2D eigenvalue weighted by Gasteiger charge is 2.16. The Bertz CT molecular complexity index is 743. The number of nitrogens with one attached hydrogen (secondary N) is 1. The summed E-state index contributed by atoms with van der Waals surface area (Å²) in [4.78, 5) is 18.8. The van der Waals surface area contributed by atoms with Gasteiger partial charge >= 0.3 is 0 Å². The molecular formula is C18H18BrN3O2. The van der Waals surface area contributed by atoms with Gasteiger partial charge < -0.3 is 15.0 Å². The van der Waals surface area contributed by atoms with Crippen molar-refractivity contribution in [1.82, 2.24) is 4.98 Å². The van der Waals surface area contributed by atoms with Gasteiger partial charge in [-0.3, -0.25) is 4.79 Å². The molecule has 3 rings (SSSR count). The van der Waals surface area contributed by atoms with Gasteiger partial charge in [-0.15, -0.1) is 0 Å². The fourth-order valence-electron chi connectivity index (χ4n) is 2.47. The van der Waals surface area contributed by atoms with Crippen molar-refractivity contribution < 1.29 is 9.53 Å². The second kappa shape index (κ2) is 8.08. The molecule has 124 valence electrons. The van der Waals surface area contributed by atoms with Gasteiger partial charge in [-0.2, -0.15) is 0 Å². The van der Waals surface area contributed by atoms with Crippen molar-refractivity contribution >= 4 is 39.4 Å². The highest BCUT2D eigenvalue weighted by Crippen LogP contribution is 2.23. The van der Waals surface area contributed by atoms with Gasteiger partial charge in [0.2, 0.25) is 5.91 Å². The van der Waals surface area contributed by atoms with E-state index in [2.05, 4.69) is 31.1 Å². The van der Waals surface area contributed by atoms with Crippen LogP contribution in [0.25, 0.3) is 6.08 Å². The Morgan fingerprint density at radius 1 is 1.21 bits per heavy atom. The Hall–Kier alpha value is -2.18. The van der Waals surface area contributed by atoms with Gasteiger partial charge in [0.15, 0.2) is 5.82 Å². The first kappa shape index (κ1) is 16.7. The normalized spacial score (nSPS) is 14.8. The predicted octanol–water partition coefficient (Wildman–Crippen LogP) is 3.33. The van der Waals surface area contributed by atoms with Crippen molar-refractivity contribution in [3.8, 4) is 0 Å². The number of rotatable bonds is 4. The van der Waals surface area contributed by atoms with Gasteiger partial charge in [0.1, 0.15) is 0 Å². The maximum absolute atomic E-state index is 12.2. The van der Waals surface area contributed by atoms with Crippen LogP contribution in [-0.2, 0) is 9.53 Å². The quantitative estimate of drug-likeness (QED) is 0.817. The van der Waals surface area contributed by atoms with Gasteiger partial charge in [0.25, 0.3) is 0 Å². The minimum Gasteiger partial charge on any atom is -0.378 e. The van der Waals surface area contributed by atoms with E-state index in [1.807, 2.05) is 36.4 Å². The molecule has 0 bridgehead atoms. The summed E-state index contributed by atoms with van der Waals surface area (Å²) in [5.74, 6) is 0.594. The topological polar surface area (TPSA) is 54.5 Å². The van der Waals surface area contributed by atoms with Crippen molar-refractivity contribution in [3.05, 3.63) is 58.7 Å². The number of halogens is 1. The number of morpholine rings is 1. The zero-order valence-corrected chi connectivity index (χ0v) is 14.7. The summed E-state index contributed by atoms with van der Waals surface area (Å²) in [6, 6.07) is 11.4. The van der Waals surface area contributed by atoms with Crippen LogP contribution in [0.15, 0.2) is 53.1 Å². The van der Waals surface area contributed by atoms with E-state index in [-0.39, 0.29) is 5.91 Å². The molecule has 0 aliphatic carbocycles. The second-order valence-corrected chi connectivity index (χ2v) is 6.17. The van der Waals surface area contributed by atoms with Crippen LogP contribution in [0, 0.1) is 0 Å². The molecule has 1 amide bonds. The second-order valence-electron chi connectivity index (χ2n) is 5.32. The van der Waals surface area contributed by atoms with Gasteiger partial charge in [-0.25, -0.2) is 4.98 Å². The van der Waals surface area contributed by atoms with Gasteiger partial charge in [0.05, 0.1) is 18.9 Å². The molecule has 1 aromatic carbocycles. The van der Waals surface area contributed by atoms with E-state index in [1.165, 1.54) is 6.08 Å². The van der Waals surface area contributed by atoms with Crippen LogP contribution in [0.2, 0.25) is 0 Å². The fraction of sp³-hybridized carbons (Fsp3) is 0.222. The molecule has 0 unspecified atom stereocenters. The SMILES string of the molecule is O=C(/C=C/c1ccccc1Br)Nc1cccnc1N1CCOCC1. The smallest absolute Gasteiger partial charge is 0.248 e. The molecule has 1 N–H and O–H groups in total. The average molecular weight is 388 g/mol. The Morgan fingerprint density at radius 3 is 2.79 bits per heavy atom. The lowest BCUT2D eigenvalue weighted by atomic mass is 10.2. The van der Waals surface area contributed by atoms with Gasteiger partial charge in [-0.1, -0.05) is 34.1 Å². The molecule has 0 spiro atoms. The summed E-state index contributed by atoms with van der Waals surface area (Å²) in [6.07, 6.45) is 5.04. The molecule has 0 saturated carbocycles. The first-order valence-corrected chi connectivity index (χ1v) is 8.54. The number of pyridine rings is 1. The molecule has 1 saturated heterocycles. The molecule has 0 atom stereocenters. The molecule has 2 aromatic rings. The number of aromatic nitrogens is 1. The lowest BCUT2D eigenvalue weighted by Gasteiger charge is -2.29. The Labute approximate surface area is 149 Å². The average Bonchev–Trinajstić information content (AvgIpc) is 2.62. The van der Waals surface area contributed by atoms with Crippen molar-refractivity contribution in [2.45, 2.75) is 0 Å². The van der Waals surface area contributed by atoms with E-state index in [0.29, 0.717) is 18.9 Å². The first-order valence-electron chi connectivity index (χ1n) is 7.75. The number of hydrogen-bond donors (Lipinski definition) is 1. The molecule has 1 fully saturated rings. The Balaban J connectivity index is 1.71. The summed E-state index contributed by atoms with van der Waals surface area (Å²) in [5.41, 5.74) is 1.66. The zero-order valence-electron chi connectivity index (χ0n) is 13.1. The number of carbonyl (C=O) groups is 1. The monoisotopic (exact) mass is 387 g/mol. The maximum Gasteiger partial charge on any atom is 0.248 e. The van der Waals surface area contributed by atoms with Crippen LogP contribution in [0.3, 0.4) is 0 Å². The molecule has 24 heavy (non-hydrogen) atoms. The number of ether oxygens (including phenoxy) is 1. The molecular weight excluding hydrogens is 370 g/mol. The minimum atomic E-state index is -0.187. The van der Waals surface area contributed by atoms with E-state index in [4.69, 9.17) is 4.74 Å². The lowest BCUT2D eigenvalue weighted by Crippen LogP contribution is -2.37. The molecule has 0 radical (unpaired) electrons. The maximum atomic E-state index is 12.2. The van der Waals surface area contributed by atoms with Crippen molar-refractivity contribution in [3.63, 3.8) is 0 Å². The first-order chi connectivity index (χ1) is 11.7. The molecule has 1 aromatic heterocycles. The largest absolute Gasteiger partial charge is 0.378 e. The summed E-state index contributed by atoms with van der Waals surface area (Å²) in [6.45, 7) is 2.89. The fourth-order valence-corrected chi connectivity index (χ4v) is 2.89. The molecule has 2 heterocycles. The number of nitrogens with zero attached hydrogens (tertiary/aromatic N) is 2. The zero-order chi connectivity index (χ0) is 16.8. The van der Waals surface area contributed by atoms with Crippen molar-refractivity contribution in [2.24, 2.45) is 0 Å². The van der Waals surface area contributed by atoms with Crippen LogP contribution < -0.4 is 10.2 Å². The van der Waals surface area contributed by atoms with Crippen molar-refractivity contribution in [1.29, 1.82) is 0 Å². The number of amides is 1. The van der Waals surface area contributed by atoms with E-state index >= 15 is 0 Å². The summed E-state index contributed by atoms with van der Waals surface area (Å²) >= 11 is 3.47. The van der Waals surface area contributed by atoms with Crippen molar-refractivity contribution in [2.75, 3.05) is 36.5 Å². The predicted molar refractivity (Wildman–Crippen MR) is 99.1 cm³/mol. The molecule has 5 nitrogen and oxygen atoms in total.